The van der Waals surface area contributed by atoms with Crippen molar-refractivity contribution in [3.63, 3.8) is 0 Å². The molecule has 0 spiro atoms. The van der Waals surface area contributed by atoms with Crippen LogP contribution in [-0.4, -0.2) is 36.5 Å². The van der Waals surface area contributed by atoms with Crippen molar-refractivity contribution >= 4 is 22.0 Å². The summed E-state index contributed by atoms with van der Waals surface area (Å²) in [4.78, 5) is 14.7. The minimum absolute atomic E-state index is 0.0156. The van der Waals surface area contributed by atoms with Gasteiger partial charge in [0, 0.05) is 23.7 Å². The van der Waals surface area contributed by atoms with Crippen molar-refractivity contribution < 1.29 is 23.2 Å². The summed E-state index contributed by atoms with van der Waals surface area (Å²) < 4.78 is 29.4. The SMILES string of the molecule is CCC(C)N(Cc1cccc(C(N)=NO)c1)C(=O)Oc1ccc(-c2ccccc2S(N)(=O)=O)cc1. The molecule has 10 heteroatoms. The van der Waals surface area contributed by atoms with Gasteiger partial charge in [-0.3, -0.25) is 0 Å². The average molecular weight is 497 g/mol. The molecule has 9 nitrogen and oxygen atoms in total. The second-order valence-electron chi connectivity index (χ2n) is 8.00. The molecule has 3 aromatic carbocycles. The molecule has 5 N–H and O–H groups in total. The Labute approximate surface area is 204 Å². The van der Waals surface area contributed by atoms with E-state index < -0.39 is 16.1 Å². The summed E-state index contributed by atoms with van der Waals surface area (Å²) in [6.07, 6.45) is 0.171. The lowest BCUT2D eigenvalue weighted by atomic mass is 10.1. The number of ether oxygens (including phenoxy) is 1. The fourth-order valence-electron chi connectivity index (χ4n) is 3.52. The Morgan fingerprint density at radius 2 is 1.77 bits per heavy atom. The monoisotopic (exact) mass is 496 g/mol. The highest BCUT2D eigenvalue weighted by Gasteiger charge is 2.22. The van der Waals surface area contributed by atoms with Crippen LogP contribution in [0.3, 0.4) is 0 Å². The Balaban J connectivity index is 1.81. The lowest BCUT2D eigenvalue weighted by Gasteiger charge is -2.28. The molecule has 0 saturated carbocycles. The second-order valence-corrected chi connectivity index (χ2v) is 9.53. The number of oxime groups is 1. The van der Waals surface area contributed by atoms with Gasteiger partial charge >= 0.3 is 6.09 Å². The van der Waals surface area contributed by atoms with E-state index in [0.717, 1.165) is 5.56 Å². The molecule has 1 amide bonds. The molecule has 1 atom stereocenters. The van der Waals surface area contributed by atoms with Gasteiger partial charge in [-0.15, -0.1) is 0 Å². The minimum Gasteiger partial charge on any atom is -0.410 e. The zero-order chi connectivity index (χ0) is 25.6. The van der Waals surface area contributed by atoms with Crippen molar-refractivity contribution in [1.29, 1.82) is 0 Å². The van der Waals surface area contributed by atoms with Gasteiger partial charge in [0.2, 0.25) is 10.0 Å². The van der Waals surface area contributed by atoms with Crippen molar-refractivity contribution in [3.8, 4) is 16.9 Å². The second kappa shape index (κ2) is 11.0. The van der Waals surface area contributed by atoms with Gasteiger partial charge in [-0.05, 0) is 48.7 Å². The zero-order valence-electron chi connectivity index (χ0n) is 19.5. The van der Waals surface area contributed by atoms with E-state index >= 15 is 0 Å². The first kappa shape index (κ1) is 25.7. The van der Waals surface area contributed by atoms with Crippen LogP contribution >= 0.6 is 0 Å². The van der Waals surface area contributed by atoms with Crippen LogP contribution in [0, 0.1) is 0 Å². The summed E-state index contributed by atoms with van der Waals surface area (Å²) >= 11 is 0. The van der Waals surface area contributed by atoms with E-state index in [1.54, 1.807) is 65.6 Å². The third-order valence-electron chi connectivity index (χ3n) is 5.60. The molecule has 3 aromatic rings. The van der Waals surface area contributed by atoms with Crippen LogP contribution in [0.25, 0.3) is 11.1 Å². The lowest BCUT2D eigenvalue weighted by molar-refractivity contribution is 0.130. The van der Waals surface area contributed by atoms with Crippen LogP contribution in [0.15, 0.2) is 82.8 Å². The first-order valence-corrected chi connectivity index (χ1v) is 12.5. The molecule has 0 heterocycles. The predicted octanol–water partition coefficient (Wildman–Crippen LogP) is 3.90. The topological polar surface area (TPSA) is 148 Å². The number of nitrogens with two attached hydrogens (primary N) is 2. The average Bonchev–Trinajstić information content (AvgIpc) is 2.86. The molecule has 0 aromatic heterocycles. The van der Waals surface area contributed by atoms with Gasteiger partial charge < -0.3 is 20.6 Å². The third kappa shape index (κ3) is 6.37. The predicted molar refractivity (Wildman–Crippen MR) is 134 cm³/mol. The molecule has 0 radical (unpaired) electrons. The smallest absolute Gasteiger partial charge is 0.410 e. The van der Waals surface area contributed by atoms with Crippen molar-refractivity contribution in [1.82, 2.24) is 4.90 Å². The maximum atomic E-state index is 13.1. The number of rotatable bonds is 8. The number of primary sulfonamides is 1. The molecule has 0 bridgehead atoms. The van der Waals surface area contributed by atoms with Gasteiger partial charge in [-0.1, -0.05) is 60.6 Å². The van der Waals surface area contributed by atoms with Gasteiger partial charge in [-0.25, -0.2) is 18.4 Å². The quantitative estimate of drug-likeness (QED) is 0.186. The highest BCUT2D eigenvalue weighted by molar-refractivity contribution is 7.89. The molecule has 0 aliphatic carbocycles. The lowest BCUT2D eigenvalue weighted by Crippen LogP contribution is -2.39. The molecule has 0 aliphatic heterocycles. The fraction of sp³-hybridized carbons (Fsp3) is 0.200. The summed E-state index contributed by atoms with van der Waals surface area (Å²) in [6.45, 7) is 4.15. The van der Waals surface area contributed by atoms with Gasteiger partial charge in [-0.2, -0.15) is 0 Å². The normalized spacial score (nSPS) is 12.7. The molecule has 35 heavy (non-hydrogen) atoms. The van der Waals surface area contributed by atoms with Crippen LogP contribution in [0.2, 0.25) is 0 Å². The number of benzene rings is 3. The van der Waals surface area contributed by atoms with Crippen molar-refractivity contribution in [2.75, 3.05) is 0 Å². The zero-order valence-corrected chi connectivity index (χ0v) is 20.3. The molecule has 0 fully saturated rings. The van der Waals surface area contributed by atoms with Crippen molar-refractivity contribution in [2.24, 2.45) is 16.0 Å². The highest BCUT2D eigenvalue weighted by atomic mass is 32.2. The van der Waals surface area contributed by atoms with E-state index in [1.165, 1.54) is 6.07 Å². The standard InChI is InChI=1S/C25H28N4O5S/c1-3-17(2)29(16-18-7-6-8-20(15-18)24(26)28-31)25(30)34-21-13-11-19(12-14-21)22-9-4-5-10-23(22)35(27,32)33/h4-15,17,31H,3,16H2,1-2H3,(H2,26,28)(H2,27,32,33). The Morgan fingerprint density at radius 3 is 2.40 bits per heavy atom. The Morgan fingerprint density at radius 1 is 1.09 bits per heavy atom. The van der Waals surface area contributed by atoms with E-state index in [1.807, 2.05) is 19.9 Å². The maximum absolute atomic E-state index is 13.1. The number of amides is 1. The highest BCUT2D eigenvalue weighted by Crippen LogP contribution is 2.28. The fourth-order valence-corrected chi connectivity index (χ4v) is 4.28. The summed E-state index contributed by atoms with van der Waals surface area (Å²) in [7, 11) is -3.90. The Hall–Kier alpha value is -3.89. The summed E-state index contributed by atoms with van der Waals surface area (Å²) in [6, 6.07) is 19.9. The largest absolute Gasteiger partial charge is 0.415 e. The van der Waals surface area contributed by atoms with Crippen LogP contribution in [-0.2, 0) is 16.6 Å². The van der Waals surface area contributed by atoms with Crippen LogP contribution in [0.4, 0.5) is 4.79 Å². The molecule has 3 rings (SSSR count). The number of nitrogens with zero attached hydrogens (tertiary/aromatic N) is 2. The number of carbonyl (C=O) groups excluding carboxylic acids is 1. The minimum atomic E-state index is -3.90. The molecule has 1 unspecified atom stereocenters. The van der Waals surface area contributed by atoms with Gasteiger partial charge in [0.1, 0.15) is 5.75 Å². The van der Waals surface area contributed by atoms with Gasteiger partial charge in [0.25, 0.3) is 0 Å². The van der Waals surface area contributed by atoms with E-state index in [2.05, 4.69) is 5.16 Å². The van der Waals surface area contributed by atoms with Gasteiger partial charge in [0.05, 0.1) is 4.90 Å². The summed E-state index contributed by atoms with van der Waals surface area (Å²) in [5.41, 5.74) is 8.09. The van der Waals surface area contributed by atoms with Crippen molar-refractivity contribution in [3.05, 3.63) is 83.9 Å². The first-order valence-electron chi connectivity index (χ1n) is 10.9. The third-order valence-corrected chi connectivity index (χ3v) is 6.57. The number of carbonyl (C=O) groups is 1. The van der Waals surface area contributed by atoms with E-state index in [-0.39, 0.29) is 23.3 Å². The van der Waals surface area contributed by atoms with Gasteiger partial charge in [0.15, 0.2) is 5.84 Å². The Bertz CT molecular complexity index is 1320. The number of hydrogen-bond donors (Lipinski definition) is 3. The molecule has 0 aliphatic rings. The van der Waals surface area contributed by atoms with Crippen LogP contribution in [0.5, 0.6) is 5.75 Å². The molecular formula is C25H28N4O5S. The molecule has 0 saturated heterocycles. The maximum Gasteiger partial charge on any atom is 0.415 e. The summed E-state index contributed by atoms with van der Waals surface area (Å²) in [5.74, 6) is 0.291. The van der Waals surface area contributed by atoms with E-state index in [4.69, 9.17) is 20.8 Å². The summed E-state index contributed by atoms with van der Waals surface area (Å²) in [5, 5.41) is 17.3. The first-order chi connectivity index (χ1) is 16.6. The molecular weight excluding hydrogens is 468 g/mol. The number of hydrogen-bond acceptors (Lipinski definition) is 6. The van der Waals surface area contributed by atoms with E-state index in [0.29, 0.717) is 28.9 Å². The van der Waals surface area contributed by atoms with Crippen LogP contribution < -0.4 is 15.6 Å². The van der Waals surface area contributed by atoms with Crippen molar-refractivity contribution in [2.45, 2.75) is 37.8 Å². The number of sulfonamides is 1. The van der Waals surface area contributed by atoms with E-state index in [9.17, 15) is 13.2 Å². The molecule has 184 valence electrons. The van der Waals surface area contributed by atoms with Crippen LogP contribution in [0.1, 0.15) is 31.4 Å². The number of amidine groups is 1. The Kier molecular flexibility index (Phi) is 8.10.